The summed E-state index contributed by atoms with van der Waals surface area (Å²) >= 11 is 0. The van der Waals surface area contributed by atoms with Gasteiger partial charge >= 0.3 is 0 Å². The lowest BCUT2D eigenvalue weighted by atomic mass is 9.74. The molecule has 3 aromatic rings. The number of likely N-dealkylation sites (tertiary alicyclic amines) is 1. The fourth-order valence-corrected chi connectivity index (χ4v) is 5.10. The molecule has 0 spiro atoms. The summed E-state index contributed by atoms with van der Waals surface area (Å²) in [4.78, 5) is 6.96. The maximum absolute atomic E-state index is 9.96. The van der Waals surface area contributed by atoms with Crippen molar-refractivity contribution in [2.45, 2.75) is 31.1 Å². The van der Waals surface area contributed by atoms with Gasteiger partial charge in [-0.15, -0.1) is 0 Å². The number of allylic oxidation sites excluding steroid dienone is 1. The molecule has 5 heteroatoms. The summed E-state index contributed by atoms with van der Waals surface area (Å²) in [6, 6.07) is 22.8. The van der Waals surface area contributed by atoms with Gasteiger partial charge in [-0.1, -0.05) is 42.5 Å². The molecule has 0 atom stereocenters. The van der Waals surface area contributed by atoms with Crippen LogP contribution < -0.4 is 9.47 Å². The Balaban J connectivity index is 1.30. The third-order valence-corrected chi connectivity index (χ3v) is 7.09. The normalized spacial score (nSPS) is 18.2. The fourth-order valence-electron chi connectivity index (χ4n) is 5.10. The number of piperidine rings is 1. The van der Waals surface area contributed by atoms with E-state index in [4.69, 9.17) is 9.47 Å². The Morgan fingerprint density at radius 1 is 1.09 bits per heavy atom. The Labute approximate surface area is 201 Å². The highest BCUT2D eigenvalue weighted by molar-refractivity contribution is 5.74. The van der Waals surface area contributed by atoms with E-state index >= 15 is 0 Å². The van der Waals surface area contributed by atoms with Crippen LogP contribution in [0, 0.1) is 11.3 Å². The minimum Gasteiger partial charge on any atom is -0.496 e. The van der Waals surface area contributed by atoms with Crippen LogP contribution in [0.1, 0.15) is 36.0 Å². The van der Waals surface area contributed by atoms with Gasteiger partial charge in [0.2, 0.25) is 5.88 Å². The zero-order valence-corrected chi connectivity index (χ0v) is 19.5. The van der Waals surface area contributed by atoms with Gasteiger partial charge in [-0.05, 0) is 67.8 Å². The van der Waals surface area contributed by atoms with Crippen molar-refractivity contribution in [3.05, 3.63) is 89.6 Å². The highest BCUT2D eigenvalue weighted by Crippen LogP contribution is 2.41. The first-order chi connectivity index (χ1) is 16.7. The van der Waals surface area contributed by atoms with Crippen molar-refractivity contribution in [1.29, 1.82) is 5.26 Å². The van der Waals surface area contributed by atoms with Crippen LogP contribution in [-0.2, 0) is 11.8 Å². The summed E-state index contributed by atoms with van der Waals surface area (Å²) in [5.41, 5.74) is 4.08. The number of rotatable bonds is 5. The number of hydrogen-bond acceptors (Lipinski definition) is 5. The lowest BCUT2D eigenvalue weighted by Gasteiger charge is -2.37. The van der Waals surface area contributed by atoms with Crippen LogP contribution in [0.25, 0.3) is 5.57 Å². The Morgan fingerprint density at radius 3 is 2.68 bits per heavy atom. The van der Waals surface area contributed by atoms with Crippen LogP contribution in [0.4, 0.5) is 0 Å². The Kier molecular flexibility index (Phi) is 6.33. The Morgan fingerprint density at radius 2 is 1.91 bits per heavy atom. The predicted molar refractivity (Wildman–Crippen MR) is 133 cm³/mol. The Hall–Kier alpha value is -3.62. The second-order valence-corrected chi connectivity index (χ2v) is 8.99. The van der Waals surface area contributed by atoms with Crippen molar-refractivity contribution in [2.75, 3.05) is 26.7 Å². The fraction of sp³-hybridized carbons (Fsp3) is 0.310. The van der Waals surface area contributed by atoms with Crippen LogP contribution in [0.15, 0.2) is 72.9 Å². The van der Waals surface area contributed by atoms with Gasteiger partial charge in [0, 0.05) is 30.3 Å². The second kappa shape index (κ2) is 9.70. The van der Waals surface area contributed by atoms with Crippen molar-refractivity contribution >= 4 is 5.57 Å². The summed E-state index contributed by atoms with van der Waals surface area (Å²) in [7, 11) is 1.70. The first kappa shape index (κ1) is 22.2. The van der Waals surface area contributed by atoms with E-state index in [1.165, 1.54) is 5.57 Å². The molecule has 5 rings (SSSR count). The lowest BCUT2D eigenvalue weighted by molar-refractivity contribution is 0.189. The number of hydrogen-bond donors (Lipinski definition) is 0. The standard InChI is InChI=1S/C29H29N3O2/c1-33-26-12-5-13-27-25(26)20-22(24-11-6-16-31-28(24)34-27)8-7-17-32-18-14-29(21-30,15-19-32)23-9-3-2-4-10-23/h2-6,8-13,16H,7,14-15,17-20H2,1H3. The molecule has 1 aromatic heterocycles. The lowest BCUT2D eigenvalue weighted by Crippen LogP contribution is -2.42. The number of pyridine rings is 1. The SMILES string of the molecule is COc1cccc2c1CC(=CCCN1CCC(C#N)(c3ccccc3)CC1)c1cccnc1O2. The highest BCUT2D eigenvalue weighted by Gasteiger charge is 2.36. The van der Waals surface area contributed by atoms with E-state index in [9.17, 15) is 5.26 Å². The largest absolute Gasteiger partial charge is 0.496 e. The molecule has 0 N–H and O–H groups in total. The minimum atomic E-state index is -0.361. The number of fused-ring (bicyclic) bond motifs is 2. The molecule has 0 amide bonds. The summed E-state index contributed by atoms with van der Waals surface area (Å²) in [6.45, 7) is 2.84. The molecule has 1 saturated heterocycles. The Bertz CT molecular complexity index is 1220. The molecular formula is C29H29N3O2. The first-order valence-electron chi connectivity index (χ1n) is 11.9. The van der Waals surface area contributed by atoms with E-state index in [2.05, 4.69) is 40.2 Å². The third kappa shape index (κ3) is 4.30. The molecule has 0 bridgehead atoms. The smallest absolute Gasteiger partial charge is 0.226 e. The maximum Gasteiger partial charge on any atom is 0.226 e. The van der Waals surface area contributed by atoms with Gasteiger partial charge in [0.05, 0.1) is 18.6 Å². The van der Waals surface area contributed by atoms with Crippen LogP contribution in [0.3, 0.4) is 0 Å². The highest BCUT2D eigenvalue weighted by atomic mass is 16.5. The van der Waals surface area contributed by atoms with Crippen molar-refractivity contribution in [2.24, 2.45) is 0 Å². The van der Waals surface area contributed by atoms with Gasteiger partial charge in [0.25, 0.3) is 0 Å². The zero-order chi connectivity index (χ0) is 23.4. The second-order valence-electron chi connectivity index (χ2n) is 8.99. The van der Waals surface area contributed by atoms with E-state index in [0.29, 0.717) is 5.88 Å². The summed E-state index contributed by atoms with van der Waals surface area (Å²) in [6.07, 6.45) is 7.49. The van der Waals surface area contributed by atoms with Gasteiger partial charge in [-0.3, -0.25) is 0 Å². The van der Waals surface area contributed by atoms with Gasteiger partial charge in [-0.25, -0.2) is 4.98 Å². The van der Waals surface area contributed by atoms with E-state index in [-0.39, 0.29) is 5.41 Å². The molecule has 0 radical (unpaired) electrons. The number of aromatic nitrogens is 1. The number of methoxy groups -OCH3 is 1. The van der Waals surface area contributed by atoms with Crippen LogP contribution >= 0.6 is 0 Å². The third-order valence-electron chi connectivity index (χ3n) is 7.09. The molecule has 2 aromatic carbocycles. The quantitative estimate of drug-likeness (QED) is 0.493. The van der Waals surface area contributed by atoms with Crippen LogP contribution in [-0.4, -0.2) is 36.6 Å². The van der Waals surface area contributed by atoms with Crippen molar-refractivity contribution in [1.82, 2.24) is 9.88 Å². The first-order valence-corrected chi connectivity index (χ1v) is 11.9. The van der Waals surface area contributed by atoms with Gasteiger partial charge in [-0.2, -0.15) is 5.26 Å². The molecule has 3 heterocycles. The van der Waals surface area contributed by atoms with E-state index in [1.807, 2.05) is 42.5 Å². The molecular weight excluding hydrogens is 422 g/mol. The van der Waals surface area contributed by atoms with Gasteiger partial charge < -0.3 is 14.4 Å². The molecule has 172 valence electrons. The minimum absolute atomic E-state index is 0.361. The molecule has 5 nitrogen and oxygen atoms in total. The number of nitriles is 1. The van der Waals surface area contributed by atoms with E-state index in [0.717, 1.165) is 73.5 Å². The summed E-state index contributed by atoms with van der Waals surface area (Å²) in [5.74, 6) is 2.27. The zero-order valence-electron chi connectivity index (χ0n) is 19.5. The number of nitrogens with zero attached hydrogens (tertiary/aromatic N) is 3. The molecule has 2 aliphatic heterocycles. The average Bonchev–Trinajstić information content (AvgIpc) is 3.06. The monoisotopic (exact) mass is 451 g/mol. The van der Waals surface area contributed by atoms with Crippen LogP contribution in [0.2, 0.25) is 0 Å². The summed E-state index contributed by atoms with van der Waals surface area (Å²) in [5, 5.41) is 9.96. The van der Waals surface area contributed by atoms with E-state index in [1.54, 1.807) is 13.3 Å². The maximum atomic E-state index is 9.96. The molecule has 0 aliphatic carbocycles. The number of benzene rings is 2. The predicted octanol–water partition coefficient (Wildman–Crippen LogP) is 5.77. The number of ether oxygens (including phenoxy) is 2. The molecule has 0 saturated carbocycles. The average molecular weight is 452 g/mol. The van der Waals surface area contributed by atoms with Gasteiger partial charge in [0.1, 0.15) is 11.5 Å². The van der Waals surface area contributed by atoms with Crippen molar-refractivity contribution < 1.29 is 9.47 Å². The van der Waals surface area contributed by atoms with Crippen molar-refractivity contribution in [3.63, 3.8) is 0 Å². The molecule has 2 aliphatic rings. The molecule has 0 unspecified atom stereocenters. The molecule has 34 heavy (non-hydrogen) atoms. The summed E-state index contributed by atoms with van der Waals surface area (Å²) < 4.78 is 11.8. The molecule has 1 fully saturated rings. The van der Waals surface area contributed by atoms with Gasteiger partial charge in [0.15, 0.2) is 0 Å². The van der Waals surface area contributed by atoms with Crippen molar-refractivity contribution in [3.8, 4) is 23.4 Å². The topological polar surface area (TPSA) is 58.4 Å². The van der Waals surface area contributed by atoms with Crippen LogP contribution in [0.5, 0.6) is 17.4 Å². The van der Waals surface area contributed by atoms with E-state index < -0.39 is 0 Å².